The second-order valence-corrected chi connectivity index (χ2v) is 4.56. The highest BCUT2D eigenvalue weighted by atomic mass is 16.2. The van der Waals surface area contributed by atoms with E-state index < -0.39 is 0 Å². The van der Waals surface area contributed by atoms with E-state index in [1.807, 2.05) is 12.1 Å². The summed E-state index contributed by atoms with van der Waals surface area (Å²) in [5, 5.41) is 14.1. The minimum absolute atomic E-state index is 0.00454. The topological polar surface area (TPSA) is 82.0 Å². The molecule has 2 rings (SSSR count). The fourth-order valence-corrected chi connectivity index (χ4v) is 2.00. The van der Waals surface area contributed by atoms with Gasteiger partial charge in [0.1, 0.15) is 0 Å². The van der Waals surface area contributed by atoms with Crippen LogP contribution in [0.15, 0.2) is 24.3 Å². The van der Waals surface area contributed by atoms with Crippen molar-refractivity contribution >= 4 is 17.5 Å². The van der Waals surface area contributed by atoms with Gasteiger partial charge in [-0.2, -0.15) is 5.26 Å². The van der Waals surface area contributed by atoms with E-state index in [9.17, 15) is 9.59 Å². The molecule has 1 fully saturated rings. The van der Waals surface area contributed by atoms with E-state index in [1.54, 1.807) is 12.1 Å². The molecule has 1 saturated heterocycles. The average molecular weight is 257 g/mol. The standard InChI is InChI=1S/C14H15N3O2/c15-8-7-10-1-4-12(5-2-10)17-14(19)11-3-6-13(18)16-9-11/h1-2,4-5,11H,3,6-7,9H2,(H,16,18)(H,17,19). The summed E-state index contributed by atoms with van der Waals surface area (Å²) >= 11 is 0. The minimum atomic E-state index is -0.170. The molecule has 0 saturated carbocycles. The van der Waals surface area contributed by atoms with Crippen LogP contribution in [-0.2, 0) is 16.0 Å². The van der Waals surface area contributed by atoms with Gasteiger partial charge in [0.15, 0.2) is 0 Å². The van der Waals surface area contributed by atoms with Gasteiger partial charge in [-0.05, 0) is 24.1 Å². The molecule has 19 heavy (non-hydrogen) atoms. The lowest BCUT2D eigenvalue weighted by atomic mass is 9.98. The van der Waals surface area contributed by atoms with Crippen LogP contribution in [0, 0.1) is 17.2 Å². The molecule has 0 aliphatic carbocycles. The number of nitriles is 1. The third kappa shape index (κ3) is 3.55. The number of hydrogen-bond donors (Lipinski definition) is 2. The van der Waals surface area contributed by atoms with Gasteiger partial charge in [-0.3, -0.25) is 9.59 Å². The molecule has 0 radical (unpaired) electrons. The average Bonchev–Trinajstić information content (AvgIpc) is 2.42. The lowest BCUT2D eigenvalue weighted by molar-refractivity contribution is -0.126. The molecule has 1 aliphatic rings. The number of anilines is 1. The van der Waals surface area contributed by atoms with Crippen LogP contribution in [0.3, 0.4) is 0 Å². The first-order chi connectivity index (χ1) is 9.19. The van der Waals surface area contributed by atoms with Gasteiger partial charge < -0.3 is 10.6 Å². The Morgan fingerprint density at radius 1 is 1.42 bits per heavy atom. The zero-order valence-electron chi connectivity index (χ0n) is 10.5. The molecule has 1 aliphatic heterocycles. The fourth-order valence-electron chi connectivity index (χ4n) is 2.00. The van der Waals surface area contributed by atoms with Crippen LogP contribution < -0.4 is 10.6 Å². The molecular formula is C14H15N3O2. The van der Waals surface area contributed by atoms with Crippen molar-refractivity contribution in [3.63, 3.8) is 0 Å². The minimum Gasteiger partial charge on any atom is -0.355 e. The Hall–Kier alpha value is -2.35. The molecule has 98 valence electrons. The first-order valence-corrected chi connectivity index (χ1v) is 6.22. The first-order valence-electron chi connectivity index (χ1n) is 6.22. The van der Waals surface area contributed by atoms with Gasteiger partial charge in [0.2, 0.25) is 11.8 Å². The largest absolute Gasteiger partial charge is 0.355 e. The molecule has 1 heterocycles. The molecule has 1 aromatic rings. The molecule has 2 N–H and O–H groups in total. The molecule has 0 aromatic heterocycles. The molecule has 5 nitrogen and oxygen atoms in total. The van der Waals surface area contributed by atoms with Crippen LogP contribution in [0.2, 0.25) is 0 Å². The van der Waals surface area contributed by atoms with E-state index in [-0.39, 0.29) is 17.7 Å². The molecular weight excluding hydrogens is 242 g/mol. The highest BCUT2D eigenvalue weighted by molar-refractivity contribution is 5.94. The Kier molecular flexibility index (Phi) is 4.14. The summed E-state index contributed by atoms with van der Waals surface area (Å²) in [6, 6.07) is 9.28. The Morgan fingerprint density at radius 2 is 2.16 bits per heavy atom. The zero-order chi connectivity index (χ0) is 13.7. The van der Waals surface area contributed by atoms with Crippen LogP contribution >= 0.6 is 0 Å². The highest BCUT2D eigenvalue weighted by Gasteiger charge is 2.24. The number of amides is 2. The monoisotopic (exact) mass is 257 g/mol. The molecule has 0 bridgehead atoms. The Labute approximate surface area is 111 Å². The van der Waals surface area contributed by atoms with Gasteiger partial charge in [-0.15, -0.1) is 0 Å². The number of rotatable bonds is 3. The fraction of sp³-hybridized carbons (Fsp3) is 0.357. The number of nitrogens with zero attached hydrogens (tertiary/aromatic N) is 1. The van der Waals surface area contributed by atoms with Crippen LogP contribution in [0.5, 0.6) is 0 Å². The quantitative estimate of drug-likeness (QED) is 0.854. The lowest BCUT2D eigenvalue weighted by Crippen LogP contribution is -2.40. The summed E-state index contributed by atoms with van der Waals surface area (Å²) in [5.74, 6) is -0.241. The number of nitrogens with one attached hydrogen (secondary N) is 2. The second-order valence-electron chi connectivity index (χ2n) is 4.56. The Morgan fingerprint density at radius 3 is 2.74 bits per heavy atom. The van der Waals surface area contributed by atoms with Crippen molar-refractivity contribution in [3.8, 4) is 6.07 Å². The van der Waals surface area contributed by atoms with Crippen molar-refractivity contribution in [2.75, 3.05) is 11.9 Å². The van der Waals surface area contributed by atoms with Crippen LogP contribution in [0.4, 0.5) is 5.69 Å². The van der Waals surface area contributed by atoms with Crippen molar-refractivity contribution in [1.29, 1.82) is 5.26 Å². The normalized spacial score (nSPS) is 18.3. The molecule has 5 heteroatoms. The third-order valence-corrected chi connectivity index (χ3v) is 3.14. The van der Waals surface area contributed by atoms with Crippen molar-refractivity contribution in [2.24, 2.45) is 5.92 Å². The van der Waals surface area contributed by atoms with E-state index in [0.717, 1.165) is 5.56 Å². The molecule has 2 amide bonds. The molecule has 1 atom stereocenters. The molecule has 1 unspecified atom stereocenters. The summed E-state index contributed by atoms with van der Waals surface area (Å²) in [7, 11) is 0. The van der Waals surface area contributed by atoms with E-state index in [1.165, 1.54) is 0 Å². The van der Waals surface area contributed by atoms with Gasteiger partial charge in [-0.1, -0.05) is 12.1 Å². The summed E-state index contributed by atoms with van der Waals surface area (Å²) in [6.45, 7) is 0.400. The lowest BCUT2D eigenvalue weighted by Gasteiger charge is -2.21. The smallest absolute Gasteiger partial charge is 0.229 e. The second kappa shape index (κ2) is 6.01. The SMILES string of the molecule is N#CCc1ccc(NC(=O)C2CCC(=O)NC2)cc1. The van der Waals surface area contributed by atoms with Crippen molar-refractivity contribution in [3.05, 3.63) is 29.8 Å². The summed E-state index contributed by atoms with van der Waals surface area (Å²) in [4.78, 5) is 23.0. The predicted molar refractivity (Wildman–Crippen MR) is 70.1 cm³/mol. The summed E-state index contributed by atoms with van der Waals surface area (Å²) in [6.07, 6.45) is 1.35. The van der Waals surface area contributed by atoms with E-state index in [4.69, 9.17) is 5.26 Å². The summed E-state index contributed by atoms with van der Waals surface area (Å²) in [5.41, 5.74) is 1.63. The van der Waals surface area contributed by atoms with Gasteiger partial charge >= 0.3 is 0 Å². The maximum atomic E-state index is 12.0. The van der Waals surface area contributed by atoms with Crippen LogP contribution in [-0.4, -0.2) is 18.4 Å². The number of carbonyl (C=O) groups excluding carboxylic acids is 2. The van der Waals surface area contributed by atoms with Crippen LogP contribution in [0.25, 0.3) is 0 Å². The van der Waals surface area contributed by atoms with Crippen molar-refractivity contribution in [2.45, 2.75) is 19.3 Å². The highest BCUT2D eigenvalue weighted by Crippen LogP contribution is 2.15. The van der Waals surface area contributed by atoms with Gasteiger partial charge in [0.05, 0.1) is 18.4 Å². The molecule has 1 aromatic carbocycles. The van der Waals surface area contributed by atoms with Crippen LogP contribution in [0.1, 0.15) is 18.4 Å². The maximum absolute atomic E-state index is 12.0. The van der Waals surface area contributed by atoms with E-state index in [2.05, 4.69) is 16.7 Å². The predicted octanol–water partition coefficient (Wildman–Crippen LogP) is 1.22. The first kappa shape index (κ1) is 13.1. The van der Waals surface area contributed by atoms with E-state index >= 15 is 0 Å². The third-order valence-electron chi connectivity index (χ3n) is 3.14. The number of hydrogen-bond acceptors (Lipinski definition) is 3. The number of carbonyl (C=O) groups is 2. The van der Waals surface area contributed by atoms with Crippen molar-refractivity contribution in [1.82, 2.24) is 5.32 Å². The van der Waals surface area contributed by atoms with Crippen molar-refractivity contribution < 1.29 is 9.59 Å². The van der Waals surface area contributed by atoms with Gasteiger partial charge in [-0.25, -0.2) is 0 Å². The van der Waals surface area contributed by atoms with Gasteiger partial charge in [0.25, 0.3) is 0 Å². The summed E-state index contributed by atoms with van der Waals surface area (Å²) < 4.78 is 0. The Balaban J connectivity index is 1.91. The Bertz CT molecular complexity index is 506. The number of piperidine rings is 1. The molecule has 0 spiro atoms. The number of benzene rings is 1. The maximum Gasteiger partial charge on any atom is 0.229 e. The zero-order valence-corrected chi connectivity index (χ0v) is 10.5. The van der Waals surface area contributed by atoms with E-state index in [0.29, 0.717) is 31.5 Å². The van der Waals surface area contributed by atoms with Gasteiger partial charge in [0, 0.05) is 18.7 Å².